The van der Waals surface area contributed by atoms with Crippen LogP contribution in [-0.4, -0.2) is 0 Å². The van der Waals surface area contributed by atoms with Gasteiger partial charge in [0.15, 0.2) is 0 Å². The first-order valence-corrected chi connectivity index (χ1v) is 3.92. The fraction of sp³-hybridized carbons (Fsp3) is 0.300. The summed E-state index contributed by atoms with van der Waals surface area (Å²) in [6.45, 7) is 5.55. The quantitative estimate of drug-likeness (QED) is 0.391. The van der Waals surface area contributed by atoms with Gasteiger partial charge in [-0.05, 0) is 18.4 Å². The number of nitrogens with two attached hydrogens (primary N) is 1. The van der Waals surface area contributed by atoms with Crippen molar-refractivity contribution in [1.29, 1.82) is 5.26 Å². The van der Waals surface area contributed by atoms with Crippen LogP contribution in [0.1, 0.15) is 19.8 Å². The largest absolute Gasteiger partial charge is 0.390 e. The van der Waals surface area contributed by atoms with Gasteiger partial charge in [-0.1, -0.05) is 25.2 Å². The molecule has 0 radical (unpaired) electrons. The highest BCUT2D eigenvalue weighted by atomic mass is 14.6. The fourth-order valence-electron chi connectivity index (χ4n) is 0.776. The predicted octanol–water partition coefficient (Wildman–Crippen LogP) is 2.27. The van der Waals surface area contributed by atoms with Crippen molar-refractivity contribution in [3.63, 3.8) is 0 Å². The molecule has 0 aliphatic heterocycles. The molecule has 0 aromatic rings. The van der Waals surface area contributed by atoms with Crippen LogP contribution in [0.15, 0.2) is 36.1 Å². The number of allylic oxidation sites excluding steroid dienone is 5. The van der Waals surface area contributed by atoms with Crippen molar-refractivity contribution in [2.45, 2.75) is 19.8 Å². The lowest BCUT2D eigenvalue weighted by molar-refractivity contribution is 1.11. The molecule has 0 aliphatic carbocycles. The molecule has 0 atom stereocenters. The maximum atomic E-state index is 8.51. The smallest absolute Gasteiger partial charge is 0.117 e. The van der Waals surface area contributed by atoms with Crippen LogP contribution < -0.4 is 5.73 Å². The Kier molecular flexibility index (Phi) is 5.46. The van der Waals surface area contributed by atoms with Crippen LogP contribution in [0.25, 0.3) is 0 Å². The van der Waals surface area contributed by atoms with Gasteiger partial charge >= 0.3 is 0 Å². The van der Waals surface area contributed by atoms with Crippen LogP contribution >= 0.6 is 0 Å². The third kappa shape index (κ3) is 3.62. The zero-order valence-corrected chi connectivity index (χ0v) is 7.38. The first kappa shape index (κ1) is 10.5. The fourth-order valence-corrected chi connectivity index (χ4v) is 0.776. The Morgan fingerprint density at radius 1 is 1.67 bits per heavy atom. The summed E-state index contributed by atoms with van der Waals surface area (Å²) in [5.41, 5.74) is 6.64. The van der Waals surface area contributed by atoms with Gasteiger partial charge in [-0.15, -0.1) is 6.58 Å². The molecule has 64 valence electrons. The van der Waals surface area contributed by atoms with Gasteiger partial charge < -0.3 is 5.73 Å². The van der Waals surface area contributed by atoms with E-state index in [1.54, 1.807) is 6.08 Å². The monoisotopic (exact) mass is 162 g/mol. The summed E-state index contributed by atoms with van der Waals surface area (Å²) in [4.78, 5) is 0. The molecule has 0 aromatic heterocycles. The average Bonchev–Trinajstić information content (AvgIpc) is 2.11. The first-order valence-electron chi connectivity index (χ1n) is 3.92. The van der Waals surface area contributed by atoms with Crippen LogP contribution in [0.3, 0.4) is 0 Å². The molecular formula is C10H14N2. The molecule has 0 bridgehead atoms. The zero-order valence-electron chi connectivity index (χ0n) is 7.38. The Labute approximate surface area is 73.7 Å². The Morgan fingerprint density at radius 3 is 2.75 bits per heavy atom. The number of nitrogens with zero attached hydrogens (tertiary/aromatic N) is 1. The minimum atomic E-state index is 0.304. The topological polar surface area (TPSA) is 49.8 Å². The molecule has 0 rings (SSSR count). The Hall–Kier alpha value is -1.49. The summed E-state index contributed by atoms with van der Waals surface area (Å²) in [7, 11) is 0. The van der Waals surface area contributed by atoms with E-state index in [9.17, 15) is 0 Å². The summed E-state index contributed by atoms with van der Waals surface area (Å²) in [5, 5.41) is 8.51. The highest BCUT2D eigenvalue weighted by Gasteiger charge is 1.94. The molecule has 2 heteroatoms. The summed E-state index contributed by atoms with van der Waals surface area (Å²) in [6, 6.07) is 1.92. The van der Waals surface area contributed by atoms with Crippen molar-refractivity contribution >= 4 is 0 Å². The number of rotatable bonds is 4. The lowest BCUT2D eigenvalue weighted by Gasteiger charge is -1.96. The molecule has 2 N–H and O–H groups in total. The van der Waals surface area contributed by atoms with E-state index in [1.807, 2.05) is 25.1 Å². The van der Waals surface area contributed by atoms with Crippen LogP contribution in [0.2, 0.25) is 0 Å². The van der Waals surface area contributed by atoms with Gasteiger partial charge in [-0.25, -0.2) is 0 Å². The first-order chi connectivity index (χ1) is 5.76. The molecule has 0 saturated carbocycles. The minimum Gasteiger partial charge on any atom is -0.390 e. The van der Waals surface area contributed by atoms with E-state index in [4.69, 9.17) is 11.0 Å². The van der Waals surface area contributed by atoms with E-state index >= 15 is 0 Å². The standard InChI is InChI=1S/C10H14N2/c1-3-5-6-7-9(4-2)10(12)8-11/h3,6-7H,1,4-5,12H2,2H3/b7-6+,10-9-. The van der Waals surface area contributed by atoms with Crippen LogP contribution in [0, 0.1) is 11.3 Å². The number of hydrogen-bond acceptors (Lipinski definition) is 2. The molecule has 0 saturated heterocycles. The molecule has 2 nitrogen and oxygen atoms in total. The third-order valence-corrected chi connectivity index (χ3v) is 1.47. The Bertz CT molecular complexity index is 241. The highest BCUT2D eigenvalue weighted by Crippen LogP contribution is 2.06. The zero-order chi connectivity index (χ0) is 9.40. The molecule has 0 unspecified atom stereocenters. The van der Waals surface area contributed by atoms with Gasteiger partial charge in [0.25, 0.3) is 0 Å². The second kappa shape index (κ2) is 6.23. The van der Waals surface area contributed by atoms with E-state index in [-0.39, 0.29) is 0 Å². The van der Waals surface area contributed by atoms with Gasteiger partial charge in [0.1, 0.15) is 11.8 Å². The van der Waals surface area contributed by atoms with Crippen molar-refractivity contribution in [3.05, 3.63) is 36.1 Å². The maximum Gasteiger partial charge on any atom is 0.117 e. The van der Waals surface area contributed by atoms with E-state index in [1.165, 1.54) is 0 Å². The van der Waals surface area contributed by atoms with Crippen molar-refractivity contribution in [2.24, 2.45) is 5.73 Å². The SMILES string of the molecule is C=CC/C=C/C(CC)=C(\N)C#N. The lowest BCUT2D eigenvalue weighted by Crippen LogP contribution is -1.97. The van der Waals surface area contributed by atoms with Gasteiger partial charge in [-0.2, -0.15) is 5.26 Å². The van der Waals surface area contributed by atoms with Crippen molar-refractivity contribution in [1.82, 2.24) is 0 Å². The van der Waals surface area contributed by atoms with Crippen LogP contribution in [-0.2, 0) is 0 Å². The van der Waals surface area contributed by atoms with E-state index < -0.39 is 0 Å². The second-order valence-electron chi connectivity index (χ2n) is 2.33. The molecular weight excluding hydrogens is 148 g/mol. The lowest BCUT2D eigenvalue weighted by atomic mass is 10.1. The van der Waals surface area contributed by atoms with E-state index in [0.29, 0.717) is 5.70 Å². The molecule has 0 aliphatic rings. The molecule has 0 aromatic carbocycles. The summed E-state index contributed by atoms with van der Waals surface area (Å²) < 4.78 is 0. The van der Waals surface area contributed by atoms with Gasteiger partial charge in [-0.3, -0.25) is 0 Å². The summed E-state index contributed by atoms with van der Waals surface area (Å²) in [5.74, 6) is 0. The second-order valence-corrected chi connectivity index (χ2v) is 2.33. The van der Waals surface area contributed by atoms with Gasteiger partial charge in [0, 0.05) is 0 Å². The van der Waals surface area contributed by atoms with Crippen molar-refractivity contribution in [2.75, 3.05) is 0 Å². The molecule has 0 spiro atoms. The molecule has 0 amide bonds. The van der Waals surface area contributed by atoms with Crippen LogP contribution in [0.5, 0.6) is 0 Å². The van der Waals surface area contributed by atoms with E-state index in [0.717, 1.165) is 18.4 Å². The van der Waals surface area contributed by atoms with Crippen LogP contribution in [0.4, 0.5) is 0 Å². The van der Waals surface area contributed by atoms with E-state index in [2.05, 4.69) is 6.58 Å². The Balaban J connectivity index is 4.39. The molecule has 0 fully saturated rings. The highest BCUT2D eigenvalue weighted by molar-refractivity contribution is 5.32. The minimum absolute atomic E-state index is 0.304. The summed E-state index contributed by atoms with van der Waals surface area (Å²) >= 11 is 0. The third-order valence-electron chi connectivity index (χ3n) is 1.47. The summed E-state index contributed by atoms with van der Waals surface area (Å²) in [6.07, 6.45) is 7.21. The average molecular weight is 162 g/mol. The molecule has 12 heavy (non-hydrogen) atoms. The Morgan fingerprint density at radius 2 is 2.33 bits per heavy atom. The van der Waals surface area contributed by atoms with Crippen molar-refractivity contribution < 1.29 is 0 Å². The van der Waals surface area contributed by atoms with Crippen molar-refractivity contribution in [3.8, 4) is 6.07 Å². The maximum absolute atomic E-state index is 8.51. The number of nitriles is 1. The predicted molar refractivity (Wildman–Crippen MR) is 51.1 cm³/mol. The van der Waals surface area contributed by atoms with Gasteiger partial charge in [0.05, 0.1) is 0 Å². The normalized spacial score (nSPS) is 12.3. The number of hydrogen-bond donors (Lipinski definition) is 1. The molecule has 0 heterocycles. The van der Waals surface area contributed by atoms with Gasteiger partial charge in [0.2, 0.25) is 0 Å².